The summed E-state index contributed by atoms with van der Waals surface area (Å²) in [5.74, 6) is -0.610. The van der Waals surface area contributed by atoms with Gasteiger partial charge in [0.1, 0.15) is 0 Å². The summed E-state index contributed by atoms with van der Waals surface area (Å²) in [6.45, 7) is 2.34. The van der Waals surface area contributed by atoms with Crippen LogP contribution in [0.15, 0.2) is 56.6 Å². The van der Waals surface area contributed by atoms with Gasteiger partial charge in [0, 0.05) is 31.4 Å². The van der Waals surface area contributed by atoms with Crippen molar-refractivity contribution in [3.8, 4) is 0 Å². The number of H-pyrrole nitrogens is 1. The van der Waals surface area contributed by atoms with Crippen molar-refractivity contribution in [2.45, 2.75) is 30.7 Å². The van der Waals surface area contributed by atoms with Gasteiger partial charge in [0.25, 0.3) is 0 Å². The molecule has 2 N–H and O–H groups in total. The van der Waals surface area contributed by atoms with Crippen LogP contribution < -0.4 is 15.4 Å². The number of hydrogen-bond donors (Lipinski definition) is 2. The molecule has 1 saturated heterocycles. The minimum Gasteiger partial charge on any atom is -0.408 e. The standard InChI is InChI=1S/C19H21N3O4S/c23-19-21-17-9-8-16(12-18(17)26-19)27(24,25)20-13-14-4-6-15(7-5-14)22-10-2-1-3-11-22/h4-9,12,20H,1-3,10-11,13H2,(H,21,23). The number of nitrogens with one attached hydrogen (secondary N) is 2. The first-order valence-electron chi connectivity index (χ1n) is 8.98. The van der Waals surface area contributed by atoms with Gasteiger partial charge in [-0.1, -0.05) is 12.1 Å². The van der Waals surface area contributed by atoms with Gasteiger partial charge in [-0.2, -0.15) is 0 Å². The molecule has 0 unspecified atom stereocenters. The van der Waals surface area contributed by atoms with Crippen molar-refractivity contribution in [3.05, 3.63) is 58.6 Å². The van der Waals surface area contributed by atoms with Gasteiger partial charge in [-0.25, -0.2) is 17.9 Å². The van der Waals surface area contributed by atoms with E-state index in [1.165, 1.54) is 43.1 Å². The van der Waals surface area contributed by atoms with E-state index in [-0.39, 0.29) is 17.0 Å². The number of aromatic amines is 1. The Morgan fingerprint density at radius 1 is 1.04 bits per heavy atom. The highest BCUT2D eigenvalue weighted by atomic mass is 32.2. The van der Waals surface area contributed by atoms with Crippen LogP contribution >= 0.6 is 0 Å². The summed E-state index contributed by atoms with van der Waals surface area (Å²) in [6, 6.07) is 12.3. The summed E-state index contributed by atoms with van der Waals surface area (Å²) in [5.41, 5.74) is 2.74. The largest absolute Gasteiger partial charge is 0.417 e. The first-order valence-corrected chi connectivity index (χ1v) is 10.5. The average Bonchev–Trinajstić information content (AvgIpc) is 3.07. The lowest BCUT2D eigenvalue weighted by Gasteiger charge is -2.28. The number of aromatic nitrogens is 1. The van der Waals surface area contributed by atoms with Crippen LogP contribution in [-0.2, 0) is 16.6 Å². The van der Waals surface area contributed by atoms with E-state index < -0.39 is 15.8 Å². The van der Waals surface area contributed by atoms with Crippen LogP contribution in [0, 0.1) is 0 Å². The molecule has 0 atom stereocenters. The van der Waals surface area contributed by atoms with Crippen LogP contribution in [0.2, 0.25) is 0 Å². The number of rotatable bonds is 5. The lowest BCUT2D eigenvalue weighted by atomic mass is 10.1. The van der Waals surface area contributed by atoms with E-state index >= 15 is 0 Å². The molecule has 1 aromatic heterocycles. The van der Waals surface area contributed by atoms with E-state index in [4.69, 9.17) is 4.42 Å². The SMILES string of the molecule is O=c1[nH]c2ccc(S(=O)(=O)NCc3ccc(N4CCCCC4)cc3)cc2o1. The molecule has 27 heavy (non-hydrogen) atoms. The van der Waals surface area contributed by atoms with Crippen LogP contribution in [0.4, 0.5) is 5.69 Å². The molecule has 3 aromatic rings. The zero-order chi connectivity index (χ0) is 18.9. The number of sulfonamides is 1. The van der Waals surface area contributed by atoms with Crippen molar-refractivity contribution < 1.29 is 12.8 Å². The summed E-state index contributed by atoms with van der Waals surface area (Å²) in [4.78, 5) is 16.1. The van der Waals surface area contributed by atoms with Gasteiger partial charge >= 0.3 is 5.76 Å². The van der Waals surface area contributed by atoms with Crippen LogP contribution in [-0.4, -0.2) is 26.5 Å². The molecule has 2 aromatic carbocycles. The van der Waals surface area contributed by atoms with Gasteiger partial charge < -0.3 is 9.32 Å². The second kappa shape index (κ2) is 7.21. The third kappa shape index (κ3) is 3.91. The van der Waals surface area contributed by atoms with Crippen LogP contribution in [0.25, 0.3) is 11.1 Å². The molecule has 1 fully saturated rings. The Balaban J connectivity index is 1.45. The molecule has 0 spiro atoms. The fourth-order valence-corrected chi connectivity index (χ4v) is 4.36. The Hall–Kier alpha value is -2.58. The van der Waals surface area contributed by atoms with E-state index in [2.05, 4.69) is 14.6 Å². The highest BCUT2D eigenvalue weighted by Gasteiger charge is 2.16. The first kappa shape index (κ1) is 17.8. The Labute approximate surface area is 157 Å². The number of nitrogens with zero attached hydrogens (tertiary/aromatic N) is 1. The lowest BCUT2D eigenvalue weighted by molar-refractivity contribution is 0.553. The molecule has 8 heteroatoms. The van der Waals surface area contributed by atoms with Crippen LogP contribution in [0.5, 0.6) is 0 Å². The van der Waals surface area contributed by atoms with Gasteiger partial charge in [0.15, 0.2) is 5.58 Å². The van der Waals surface area contributed by atoms with Crippen molar-refractivity contribution >= 4 is 26.8 Å². The summed E-state index contributed by atoms with van der Waals surface area (Å²) in [5, 5.41) is 0. The Kier molecular flexibility index (Phi) is 4.75. The molecule has 142 valence electrons. The maximum Gasteiger partial charge on any atom is 0.417 e. The van der Waals surface area contributed by atoms with Crippen molar-refractivity contribution in [2.24, 2.45) is 0 Å². The number of benzene rings is 2. The lowest BCUT2D eigenvalue weighted by Crippen LogP contribution is -2.29. The fourth-order valence-electron chi connectivity index (χ4n) is 3.33. The minimum absolute atomic E-state index is 0.0580. The molecule has 0 bridgehead atoms. The van der Waals surface area contributed by atoms with Gasteiger partial charge in [-0.15, -0.1) is 0 Å². The van der Waals surface area contributed by atoms with Crippen molar-refractivity contribution in [1.82, 2.24) is 9.71 Å². The normalized spacial score (nSPS) is 15.3. The summed E-state index contributed by atoms with van der Waals surface area (Å²) in [7, 11) is -3.71. The molecule has 4 rings (SSSR count). The molecule has 0 radical (unpaired) electrons. The maximum absolute atomic E-state index is 12.5. The predicted molar refractivity (Wildman–Crippen MR) is 103 cm³/mol. The van der Waals surface area contributed by atoms with E-state index in [0.29, 0.717) is 5.52 Å². The topological polar surface area (TPSA) is 95.4 Å². The van der Waals surface area contributed by atoms with E-state index in [1.54, 1.807) is 0 Å². The minimum atomic E-state index is -3.71. The van der Waals surface area contributed by atoms with Crippen LogP contribution in [0.3, 0.4) is 0 Å². The van der Waals surface area contributed by atoms with Gasteiger partial charge in [0.2, 0.25) is 10.0 Å². The summed E-state index contributed by atoms with van der Waals surface area (Å²) < 4.78 is 32.6. The number of piperidine rings is 1. The molecular weight excluding hydrogens is 366 g/mol. The second-order valence-corrected chi connectivity index (χ2v) is 8.48. The molecule has 1 aliphatic heterocycles. The van der Waals surface area contributed by atoms with Crippen molar-refractivity contribution in [3.63, 3.8) is 0 Å². The molecule has 0 saturated carbocycles. The molecule has 0 amide bonds. The van der Waals surface area contributed by atoms with Gasteiger partial charge in [0.05, 0.1) is 10.4 Å². The number of anilines is 1. The van der Waals surface area contributed by atoms with Gasteiger partial charge in [-0.3, -0.25) is 4.98 Å². The highest BCUT2D eigenvalue weighted by Crippen LogP contribution is 2.21. The van der Waals surface area contributed by atoms with E-state index in [0.717, 1.165) is 18.7 Å². The third-order valence-corrected chi connectivity index (χ3v) is 6.23. The summed E-state index contributed by atoms with van der Waals surface area (Å²) >= 11 is 0. The molecular formula is C19H21N3O4S. The average molecular weight is 387 g/mol. The molecule has 2 heterocycles. The summed E-state index contributed by atoms with van der Waals surface area (Å²) in [6.07, 6.45) is 3.72. The Bertz CT molecular complexity index is 1090. The Morgan fingerprint density at radius 2 is 1.78 bits per heavy atom. The smallest absolute Gasteiger partial charge is 0.408 e. The fraction of sp³-hybridized carbons (Fsp3) is 0.316. The number of hydrogen-bond acceptors (Lipinski definition) is 5. The quantitative estimate of drug-likeness (QED) is 0.702. The zero-order valence-electron chi connectivity index (χ0n) is 14.8. The Morgan fingerprint density at radius 3 is 2.52 bits per heavy atom. The second-order valence-electron chi connectivity index (χ2n) is 6.71. The van der Waals surface area contributed by atoms with Crippen molar-refractivity contribution in [1.29, 1.82) is 0 Å². The molecule has 7 nitrogen and oxygen atoms in total. The van der Waals surface area contributed by atoms with E-state index in [9.17, 15) is 13.2 Å². The predicted octanol–water partition coefficient (Wildman–Crippen LogP) is 2.59. The monoisotopic (exact) mass is 387 g/mol. The highest BCUT2D eigenvalue weighted by molar-refractivity contribution is 7.89. The molecule has 1 aliphatic rings. The number of fused-ring (bicyclic) bond motifs is 1. The maximum atomic E-state index is 12.5. The first-order chi connectivity index (χ1) is 13.0. The number of oxazole rings is 1. The van der Waals surface area contributed by atoms with Gasteiger partial charge in [-0.05, 0) is 49.1 Å². The van der Waals surface area contributed by atoms with Crippen molar-refractivity contribution in [2.75, 3.05) is 18.0 Å². The zero-order valence-corrected chi connectivity index (χ0v) is 15.6. The molecule has 0 aliphatic carbocycles. The third-order valence-electron chi connectivity index (χ3n) is 4.83. The van der Waals surface area contributed by atoms with Crippen LogP contribution in [0.1, 0.15) is 24.8 Å². The van der Waals surface area contributed by atoms with E-state index in [1.807, 2.05) is 24.3 Å².